The Labute approximate surface area is 179 Å². The van der Waals surface area contributed by atoms with E-state index in [9.17, 15) is 17.6 Å². The molecule has 0 radical (unpaired) electrons. The van der Waals surface area contributed by atoms with E-state index in [4.69, 9.17) is 0 Å². The summed E-state index contributed by atoms with van der Waals surface area (Å²) in [5.74, 6) is -1.03. The maximum Gasteiger partial charge on any atom is 0.242 e. The number of rotatable bonds is 6. The van der Waals surface area contributed by atoms with Crippen LogP contribution in [-0.2, 0) is 21.4 Å². The Hall–Kier alpha value is -3.23. The van der Waals surface area contributed by atoms with Crippen molar-refractivity contribution in [2.75, 3.05) is 5.32 Å². The van der Waals surface area contributed by atoms with Gasteiger partial charge >= 0.3 is 0 Å². The van der Waals surface area contributed by atoms with Crippen LogP contribution in [0.4, 0.5) is 10.1 Å². The minimum absolute atomic E-state index is 0.109. The van der Waals surface area contributed by atoms with Gasteiger partial charge in [-0.1, -0.05) is 18.2 Å². The highest BCUT2D eigenvalue weighted by Crippen LogP contribution is 2.31. The lowest BCUT2D eigenvalue weighted by molar-refractivity contribution is -0.117. The molecular weight excluding hydrogens is 417 g/mol. The van der Waals surface area contributed by atoms with Crippen molar-refractivity contribution in [2.24, 2.45) is 0 Å². The number of amides is 1. The second kappa shape index (κ2) is 8.13. The summed E-state index contributed by atoms with van der Waals surface area (Å²) in [6.45, 7) is 4.35. The number of aromatic nitrogens is 1. The largest absolute Gasteiger partial charge is 0.341 e. The maximum atomic E-state index is 13.1. The number of hydrogen-bond acceptors (Lipinski definition) is 3. The summed E-state index contributed by atoms with van der Waals surface area (Å²) in [5.41, 5.74) is 2.75. The van der Waals surface area contributed by atoms with Crippen LogP contribution in [0.25, 0.3) is 21.8 Å². The summed E-state index contributed by atoms with van der Waals surface area (Å²) in [4.78, 5) is 12.5. The summed E-state index contributed by atoms with van der Waals surface area (Å²) in [6, 6.07) is 17.1. The van der Waals surface area contributed by atoms with E-state index in [0.29, 0.717) is 5.69 Å². The molecule has 4 aromatic rings. The molecule has 0 aliphatic heterocycles. The van der Waals surface area contributed by atoms with Gasteiger partial charge in [0.05, 0.1) is 10.9 Å². The molecular formula is C23H22FN3O3S. The summed E-state index contributed by atoms with van der Waals surface area (Å²) < 4.78 is 42.5. The quantitative estimate of drug-likeness (QED) is 0.471. The van der Waals surface area contributed by atoms with E-state index in [1.807, 2.05) is 30.3 Å². The molecule has 0 saturated heterocycles. The number of benzene rings is 3. The highest BCUT2D eigenvalue weighted by atomic mass is 32.2. The number of sulfonamides is 1. The Morgan fingerprint density at radius 3 is 2.39 bits per heavy atom. The van der Waals surface area contributed by atoms with E-state index in [-0.39, 0.29) is 4.90 Å². The van der Waals surface area contributed by atoms with Gasteiger partial charge in [0.2, 0.25) is 15.9 Å². The van der Waals surface area contributed by atoms with Crippen molar-refractivity contribution < 1.29 is 17.6 Å². The summed E-state index contributed by atoms with van der Waals surface area (Å²) in [6.07, 6.45) is 0. The highest BCUT2D eigenvalue weighted by molar-refractivity contribution is 7.89. The van der Waals surface area contributed by atoms with Crippen molar-refractivity contribution in [2.45, 2.75) is 31.3 Å². The Morgan fingerprint density at radius 1 is 1.00 bits per heavy atom. The highest BCUT2D eigenvalue weighted by Gasteiger charge is 2.22. The van der Waals surface area contributed by atoms with Crippen LogP contribution in [0, 0.1) is 5.82 Å². The first kappa shape index (κ1) is 21.0. The van der Waals surface area contributed by atoms with Gasteiger partial charge in [-0.25, -0.2) is 12.8 Å². The molecule has 160 valence electrons. The predicted octanol–water partition coefficient (Wildman–Crippen LogP) is 4.26. The number of anilines is 1. The molecule has 4 rings (SSSR count). The van der Waals surface area contributed by atoms with Gasteiger partial charge in [-0.3, -0.25) is 4.79 Å². The average molecular weight is 440 g/mol. The normalized spacial score (nSPS) is 12.9. The molecule has 0 bridgehead atoms. The summed E-state index contributed by atoms with van der Waals surface area (Å²) in [5, 5.41) is 4.87. The van der Waals surface area contributed by atoms with Crippen LogP contribution in [0.2, 0.25) is 0 Å². The molecule has 0 saturated carbocycles. The van der Waals surface area contributed by atoms with Crippen molar-refractivity contribution in [3.63, 3.8) is 0 Å². The van der Waals surface area contributed by atoms with E-state index in [1.54, 1.807) is 6.07 Å². The number of carbonyl (C=O) groups excluding carboxylic acids is 1. The molecule has 1 aromatic heterocycles. The number of fused-ring (bicyclic) bond motifs is 3. The van der Waals surface area contributed by atoms with Crippen LogP contribution >= 0.6 is 0 Å². The molecule has 6 nitrogen and oxygen atoms in total. The lowest BCUT2D eigenvalue weighted by atomic mass is 10.1. The number of halogens is 1. The second-order valence-corrected chi connectivity index (χ2v) is 8.99. The first-order valence-electron chi connectivity index (χ1n) is 9.90. The number of nitrogens with zero attached hydrogens (tertiary/aromatic N) is 1. The van der Waals surface area contributed by atoms with Gasteiger partial charge in [-0.2, -0.15) is 4.72 Å². The topological polar surface area (TPSA) is 80.2 Å². The average Bonchev–Trinajstić information content (AvgIpc) is 3.06. The predicted molar refractivity (Wildman–Crippen MR) is 120 cm³/mol. The van der Waals surface area contributed by atoms with Crippen LogP contribution in [-0.4, -0.2) is 24.9 Å². The van der Waals surface area contributed by atoms with Crippen LogP contribution in [0.3, 0.4) is 0 Å². The molecule has 31 heavy (non-hydrogen) atoms. The third-order valence-electron chi connectivity index (χ3n) is 5.21. The standard InChI is InChI=1S/C23H22FN3O3S/c1-3-27-21-7-5-4-6-19(21)20-14-17(10-13-22(20)27)25-23(28)15(2)26-31(29,30)18-11-8-16(24)9-12-18/h4-15,26H,3H2,1-2H3,(H,25,28)/t15-/m1/s1. The van der Waals surface area contributed by atoms with E-state index in [0.717, 1.165) is 52.6 Å². The first-order chi connectivity index (χ1) is 14.8. The molecule has 1 atom stereocenters. The number of carbonyl (C=O) groups is 1. The van der Waals surface area contributed by atoms with Gasteiger partial charge in [-0.05, 0) is 62.4 Å². The monoisotopic (exact) mass is 439 g/mol. The molecule has 2 N–H and O–H groups in total. The smallest absolute Gasteiger partial charge is 0.242 e. The zero-order valence-electron chi connectivity index (χ0n) is 17.1. The number of aryl methyl sites for hydroxylation is 1. The number of para-hydroxylation sites is 1. The Kier molecular flexibility index (Phi) is 5.51. The van der Waals surface area contributed by atoms with E-state index >= 15 is 0 Å². The van der Waals surface area contributed by atoms with Crippen molar-refractivity contribution in [3.05, 3.63) is 72.5 Å². The molecule has 0 fully saturated rings. The fraction of sp³-hybridized carbons (Fsp3) is 0.174. The van der Waals surface area contributed by atoms with Crippen molar-refractivity contribution in [1.82, 2.24) is 9.29 Å². The Balaban J connectivity index is 1.56. The minimum atomic E-state index is -3.96. The van der Waals surface area contributed by atoms with Crippen LogP contribution in [0.15, 0.2) is 71.6 Å². The van der Waals surface area contributed by atoms with Crippen molar-refractivity contribution in [3.8, 4) is 0 Å². The van der Waals surface area contributed by atoms with Gasteiger partial charge in [0.25, 0.3) is 0 Å². The molecule has 1 amide bonds. The molecule has 1 heterocycles. The Morgan fingerprint density at radius 2 is 1.68 bits per heavy atom. The number of hydrogen-bond donors (Lipinski definition) is 2. The molecule has 0 aliphatic rings. The van der Waals surface area contributed by atoms with E-state index in [1.165, 1.54) is 6.92 Å². The third-order valence-corrected chi connectivity index (χ3v) is 6.76. The summed E-state index contributed by atoms with van der Waals surface area (Å²) >= 11 is 0. The van der Waals surface area contributed by atoms with Gasteiger partial charge in [0.15, 0.2) is 0 Å². The molecule has 8 heteroatoms. The number of nitrogens with one attached hydrogen (secondary N) is 2. The molecule has 0 unspecified atom stereocenters. The zero-order chi connectivity index (χ0) is 22.2. The SMILES string of the molecule is CCn1c2ccccc2c2cc(NC(=O)[C@@H](C)NS(=O)(=O)c3ccc(F)cc3)ccc21. The lowest BCUT2D eigenvalue weighted by Crippen LogP contribution is -2.41. The lowest BCUT2D eigenvalue weighted by Gasteiger charge is -2.15. The van der Waals surface area contributed by atoms with Gasteiger partial charge in [-0.15, -0.1) is 0 Å². The Bertz CT molecular complexity index is 1380. The van der Waals surface area contributed by atoms with Gasteiger partial charge < -0.3 is 9.88 Å². The van der Waals surface area contributed by atoms with Crippen LogP contribution in [0.5, 0.6) is 0 Å². The zero-order valence-corrected chi connectivity index (χ0v) is 17.9. The van der Waals surface area contributed by atoms with Crippen molar-refractivity contribution in [1.29, 1.82) is 0 Å². The maximum absolute atomic E-state index is 13.1. The fourth-order valence-corrected chi connectivity index (χ4v) is 4.89. The third kappa shape index (κ3) is 4.04. The molecule has 0 spiro atoms. The van der Waals surface area contributed by atoms with Crippen molar-refractivity contribution >= 4 is 43.4 Å². The first-order valence-corrected chi connectivity index (χ1v) is 11.4. The van der Waals surface area contributed by atoms with E-state index < -0.39 is 27.8 Å². The van der Waals surface area contributed by atoms with Gasteiger partial charge in [0, 0.05) is 34.0 Å². The van der Waals surface area contributed by atoms with Crippen LogP contribution < -0.4 is 10.0 Å². The van der Waals surface area contributed by atoms with E-state index in [2.05, 4.69) is 27.6 Å². The molecule has 3 aromatic carbocycles. The fourth-order valence-electron chi connectivity index (χ4n) is 3.69. The van der Waals surface area contributed by atoms with Gasteiger partial charge in [0.1, 0.15) is 5.82 Å². The molecule has 0 aliphatic carbocycles. The second-order valence-electron chi connectivity index (χ2n) is 7.28. The van der Waals surface area contributed by atoms with Crippen LogP contribution in [0.1, 0.15) is 13.8 Å². The summed E-state index contributed by atoms with van der Waals surface area (Å²) in [7, 11) is -3.96. The minimum Gasteiger partial charge on any atom is -0.341 e.